The van der Waals surface area contributed by atoms with E-state index in [4.69, 9.17) is 16.3 Å². The van der Waals surface area contributed by atoms with Crippen LogP contribution in [0, 0.1) is 6.92 Å². The number of esters is 1. The average molecular weight is 404 g/mol. The number of aromatic nitrogens is 2. The van der Waals surface area contributed by atoms with Crippen LogP contribution in [0.3, 0.4) is 0 Å². The Balaban J connectivity index is 2.11. The summed E-state index contributed by atoms with van der Waals surface area (Å²) in [5, 5.41) is 4.57. The van der Waals surface area contributed by atoms with E-state index < -0.39 is 21.9 Å². The molecule has 0 aromatic carbocycles. The van der Waals surface area contributed by atoms with Gasteiger partial charge in [0.2, 0.25) is 0 Å². The number of ether oxygens (including phenoxy) is 1. The van der Waals surface area contributed by atoms with Gasteiger partial charge in [-0.15, -0.1) is 0 Å². The maximum absolute atomic E-state index is 11.9. The van der Waals surface area contributed by atoms with Crippen molar-refractivity contribution in [2.24, 2.45) is 0 Å². The Morgan fingerprint density at radius 3 is 2.62 bits per heavy atom. The van der Waals surface area contributed by atoms with Crippen molar-refractivity contribution in [3.8, 4) is 0 Å². The molecule has 144 valence electrons. The first-order chi connectivity index (χ1) is 12.0. The van der Waals surface area contributed by atoms with Crippen molar-refractivity contribution in [3.05, 3.63) is 22.5 Å². The summed E-state index contributed by atoms with van der Waals surface area (Å²) in [5.41, 5.74) is 1.08. The van der Waals surface area contributed by atoms with E-state index in [0.717, 1.165) is 0 Å². The lowest BCUT2D eigenvalue weighted by molar-refractivity contribution is -0.153. The topological polar surface area (TPSA) is 98.6 Å². The molecule has 0 spiro atoms. The predicted octanol–water partition coefficient (Wildman–Crippen LogP) is 1.24. The Labute approximate surface area is 157 Å². The summed E-state index contributed by atoms with van der Waals surface area (Å²) in [6, 6.07) is -0.307. The minimum absolute atomic E-state index is 0.00317. The van der Waals surface area contributed by atoms with Crippen molar-refractivity contribution in [1.29, 1.82) is 0 Å². The predicted molar refractivity (Wildman–Crippen MR) is 97.6 cm³/mol. The van der Waals surface area contributed by atoms with Gasteiger partial charge in [0, 0.05) is 25.7 Å². The monoisotopic (exact) mass is 403 g/mol. The summed E-state index contributed by atoms with van der Waals surface area (Å²) in [6.07, 6.45) is 2.19. The summed E-state index contributed by atoms with van der Waals surface area (Å²) in [6.45, 7) is 3.21. The van der Waals surface area contributed by atoms with Crippen LogP contribution in [0.4, 0.5) is 0 Å². The quantitative estimate of drug-likeness (QED) is 0.541. The van der Waals surface area contributed by atoms with Crippen LogP contribution in [0.5, 0.6) is 0 Å². The van der Waals surface area contributed by atoms with Crippen LogP contribution in [0.15, 0.2) is 6.08 Å². The summed E-state index contributed by atoms with van der Waals surface area (Å²) in [7, 11) is 0.0794. The molecule has 1 fully saturated rings. The van der Waals surface area contributed by atoms with Crippen LogP contribution in [0.25, 0.3) is 6.08 Å². The number of likely N-dealkylation sites (N-methyl/N-ethyl adjacent to an activating group) is 1. The van der Waals surface area contributed by atoms with Crippen LogP contribution in [-0.2, 0) is 24.2 Å². The van der Waals surface area contributed by atoms with Crippen molar-refractivity contribution in [2.45, 2.75) is 32.4 Å². The van der Waals surface area contributed by atoms with Crippen LogP contribution in [0.2, 0.25) is 5.15 Å². The van der Waals surface area contributed by atoms with E-state index in [1.807, 2.05) is 0 Å². The molecule has 1 aromatic rings. The fourth-order valence-electron chi connectivity index (χ4n) is 2.71. The molecule has 2 rings (SSSR count). The lowest BCUT2D eigenvalue weighted by atomic mass is 10.2. The smallest absolute Gasteiger partial charge is 0.331 e. The van der Waals surface area contributed by atoms with E-state index in [0.29, 0.717) is 17.7 Å². The second-order valence-corrected chi connectivity index (χ2v) is 9.02. The highest BCUT2D eigenvalue weighted by Gasteiger charge is 2.31. The molecular weight excluding hydrogens is 382 g/mol. The summed E-state index contributed by atoms with van der Waals surface area (Å²) >= 11 is 6.33. The Morgan fingerprint density at radius 2 is 2.08 bits per heavy atom. The second kappa shape index (κ2) is 7.79. The average Bonchev–Trinajstić information content (AvgIpc) is 3.03. The largest absolute Gasteiger partial charge is 0.449 e. The number of hydrogen-bond donors (Lipinski definition) is 0. The first kappa shape index (κ1) is 20.4. The Hall–Kier alpha value is -1.87. The molecule has 1 amide bonds. The van der Waals surface area contributed by atoms with Gasteiger partial charge >= 0.3 is 5.97 Å². The fourth-order valence-corrected chi connectivity index (χ4v) is 4.78. The van der Waals surface area contributed by atoms with Gasteiger partial charge in [-0.3, -0.25) is 4.79 Å². The Bertz CT molecular complexity index is 844. The van der Waals surface area contributed by atoms with Crippen LogP contribution in [0.1, 0.15) is 30.6 Å². The van der Waals surface area contributed by atoms with Gasteiger partial charge in [-0.1, -0.05) is 11.6 Å². The third kappa shape index (κ3) is 4.64. The molecule has 0 aliphatic carbocycles. The SMILES string of the molecule is Cc1nn([C@@H]2CCS(=O)(=O)C2)c(Cl)c1/C=C/C(=O)O[C@H](C)C(=O)N(C)C. The van der Waals surface area contributed by atoms with Crippen molar-refractivity contribution < 1.29 is 22.7 Å². The van der Waals surface area contributed by atoms with Gasteiger partial charge in [0.1, 0.15) is 5.15 Å². The third-order valence-corrected chi connectivity index (χ3v) is 6.22. The number of rotatable bonds is 5. The summed E-state index contributed by atoms with van der Waals surface area (Å²) in [4.78, 5) is 24.9. The molecular formula is C16H22ClN3O5S. The number of aryl methyl sites for hydroxylation is 1. The third-order valence-electron chi connectivity index (χ3n) is 4.09. The molecule has 2 atom stereocenters. The number of sulfone groups is 1. The minimum Gasteiger partial charge on any atom is -0.449 e. The van der Waals surface area contributed by atoms with Crippen molar-refractivity contribution >= 4 is 39.4 Å². The van der Waals surface area contributed by atoms with Crippen LogP contribution >= 0.6 is 11.6 Å². The first-order valence-electron chi connectivity index (χ1n) is 8.06. The molecule has 1 saturated heterocycles. The zero-order valence-electron chi connectivity index (χ0n) is 15.1. The van der Waals surface area contributed by atoms with Gasteiger partial charge in [-0.05, 0) is 26.3 Å². The molecule has 0 radical (unpaired) electrons. The standard InChI is InChI=1S/C16H22ClN3O5S/c1-10-13(5-6-14(21)25-11(2)16(22)19(3)4)15(17)20(18-10)12-7-8-26(23,24)9-12/h5-6,11-12H,7-9H2,1-4H3/b6-5+/t11-,12-/m1/s1. The van der Waals surface area contributed by atoms with E-state index in [9.17, 15) is 18.0 Å². The van der Waals surface area contributed by atoms with Gasteiger partial charge in [-0.25, -0.2) is 17.9 Å². The van der Waals surface area contributed by atoms with Gasteiger partial charge < -0.3 is 9.64 Å². The molecule has 0 bridgehead atoms. The zero-order chi connectivity index (χ0) is 19.6. The van der Waals surface area contributed by atoms with Crippen LogP contribution < -0.4 is 0 Å². The molecule has 26 heavy (non-hydrogen) atoms. The summed E-state index contributed by atoms with van der Waals surface area (Å²) < 4.78 is 29.8. The molecule has 1 aliphatic rings. The van der Waals surface area contributed by atoms with E-state index in [2.05, 4.69) is 5.10 Å². The molecule has 8 nitrogen and oxygen atoms in total. The van der Waals surface area contributed by atoms with Gasteiger partial charge in [-0.2, -0.15) is 5.10 Å². The maximum atomic E-state index is 11.9. The highest BCUT2D eigenvalue weighted by atomic mass is 35.5. The van der Waals surface area contributed by atoms with Gasteiger partial charge in [0.15, 0.2) is 15.9 Å². The van der Waals surface area contributed by atoms with Crippen molar-refractivity contribution in [2.75, 3.05) is 25.6 Å². The van der Waals surface area contributed by atoms with Gasteiger partial charge in [0.25, 0.3) is 5.91 Å². The lowest BCUT2D eigenvalue weighted by Gasteiger charge is -2.16. The summed E-state index contributed by atoms with van der Waals surface area (Å²) in [5.74, 6) is -0.888. The molecule has 0 saturated carbocycles. The molecule has 0 unspecified atom stereocenters. The number of carbonyl (C=O) groups excluding carboxylic acids is 2. The Morgan fingerprint density at radius 1 is 1.42 bits per heavy atom. The zero-order valence-corrected chi connectivity index (χ0v) is 16.7. The highest BCUT2D eigenvalue weighted by molar-refractivity contribution is 7.91. The number of nitrogens with zero attached hydrogens (tertiary/aromatic N) is 3. The minimum atomic E-state index is -3.07. The lowest BCUT2D eigenvalue weighted by Crippen LogP contribution is -2.34. The van der Waals surface area contributed by atoms with Crippen LogP contribution in [-0.4, -0.2) is 66.7 Å². The van der Waals surface area contributed by atoms with E-state index in [1.165, 1.54) is 28.7 Å². The highest BCUT2D eigenvalue weighted by Crippen LogP contribution is 2.30. The van der Waals surface area contributed by atoms with Gasteiger partial charge in [0.05, 0.1) is 23.2 Å². The van der Waals surface area contributed by atoms with E-state index in [1.54, 1.807) is 21.0 Å². The number of halogens is 1. The van der Waals surface area contributed by atoms with Crippen molar-refractivity contribution in [3.63, 3.8) is 0 Å². The molecule has 1 aliphatic heterocycles. The van der Waals surface area contributed by atoms with E-state index >= 15 is 0 Å². The Kier molecular flexibility index (Phi) is 6.13. The number of amides is 1. The first-order valence-corrected chi connectivity index (χ1v) is 10.3. The van der Waals surface area contributed by atoms with Crippen molar-refractivity contribution in [1.82, 2.24) is 14.7 Å². The second-order valence-electron chi connectivity index (χ2n) is 6.44. The molecule has 1 aromatic heterocycles. The maximum Gasteiger partial charge on any atom is 0.331 e. The molecule has 2 heterocycles. The molecule has 0 N–H and O–H groups in total. The number of carbonyl (C=O) groups is 2. The molecule has 10 heteroatoms. The van der Waals surface area contributed by atoms with E-state index in [-0.39, 0.29) is 28.6 Å². The number of hydrogen-bond acceptors (Lipinski definition) is 6. The normalized spacial score (nSPS) is 20.3. The fraction of sp³-hybridized carbons (Fsp3) is 0.562.